The average molecular weight is 148 g/mol. The third-order valence-corrected chi connectivity index (χ3v) is 0.730. The van der Waals surface area contributed by atoms with Crippen LogP contribution in [0, 0.1) is 11.8 Å². The molecule has 0 rings (SSSR count). The van der Waals surface area contributed by atoms with Crippen LogP contribution in [0.15, 0.2) is 0 Å². The van der Waals surface area contributed by atoms with Crippen molar-refractivity contribution in [2.75, 3.05) is 27.7 Å². The molecule has 0 amide bonds. The summed E-state index contributed by atoms with van der Waals surface area (Å²) in [4.78, 5) is 0. The molecule has 0 aliphatic rings. The van der Waals surface area contributed by atoms with E-state index in [-0.39, 0.29) is 12.4 Å². The third kappa shape index (κ3) is 11.4. The first-order chi connectivity index (χ1) is 3.56. The van der Waals surface area contributed by atoms with Crippen LogP contribution in [0.2, 0.25) is 0 Å². The molecule has 0 aromatic carbocycles. The number of hydrogen-bond donors (Lipinski definition) is 0. The van der Waals surface area contributed by atoms with Gasteiger partial charge in [-0.3, -0.25) is 0 Å². The topological polar surface area (TPSA) is 0 Å². The Morgan fingerprint density at radius 3 is 1.78 bits per heavy atom. The summed E-state index contributed by atoms with van der Waals surface area (Å²) in [6.07, 6.45) is 0. The predicted molar refractivity (Wildman–Crippen MR) is 36.3 cm³/mol. The largest absolute Gasteiger partial charge is 1.00 e. The SMILES string of the molecule is CC#CC[N+](C)(C)C.[Cl-]. The lowest BCUT2D eigenvalue weighted by molar-refractivity contribution is -0.862. The molecule has 0 heterocycles. The molecule has 1 nitrogen and oxygen atoms in total. The van der Waals surface area contributed by atoms with Gasteiger partial charge in [-0.25, -0.2) is 0 Å². The Morgan fingerprint density at radius 1 is 1.22 bits per heavy atom. The fourth-order valence-corrected chi connectivity index (χ4v) is 0.316. The van der Waals surface area contributed by atoms with Crippen LogP contribution in [-0.2, 0) is 0 Å². The molecule has 0 aromatic rings. The summed E-state index contributed by atoms with van der Waals surface area (Å²) in [5.74, 6) is 5.87. The van der Waals surface area contributed by atoms with Gasteiger partial charge in [0.25, 0.3) is 0 Å². The summed E-state index contributed by atoms with van der Waals surface area (Å²) >= 11 is 0. The molecule has 0 aliphatic heterocycles. The maximum Gasteiger partial charge on any atom is 0.140 e. The van der Waals surface area contributed by atoms with E-state index in [9.17, 15) is 0 Å². The number of nitrogens with zero attached hydrogens (tertiary/aromatic N) is 1. The van der Waals surface area contributed by atoms with Crippen molar-refractivity contribution in [3.63, 3.8) is 0 Å². The van der Waals surface area contributed by atoms with E-state index >= 15 is 0 Å². The number of hydrogen-bond acceptors (Lipinski definition) is 0. The summed E-state index contributed by atoms with van der Waals surface area (Å²) in [5.41, 5.74) is 0. The van der Waals surface area contributed by atoms with E-state index in [0.29, 0.717) is 0 Å². The summed E-state index contributed by atoms with van der Waals surface area (Å²) in [6, 6.07) is 0. The van der Waals surface area contributed by atoms with E-state index in [1.165, 1.54) is 0 Å². The van der Waals surface area contributed by atoms with E-state index in [0.717, 1.165) is 11.0 Å². The molecule has 0 spiro atoms. The number of quaternary nitrogens is 1. The fourth-order valence-electron chi connectivity index (χ4n) is 0.316. The first-order valence-electron chi connectivity index (χ1n) is 2.76. The predicted octanol–water partition coefficient (Wildman–Crippen LogP) is -2.28. The van der Waals surface area contributed by atoms with E-state index in [1.807, 2.05) is 6.92 Å². The minimum atomic E-state index is 0. The van der Waals surface area contributed by atoms with Crippen molar-refractivity contribution >= 4 is 0 Å². The zero-order valence-corrected chi connectivity index (χ0v) is 7.29. The summed E-state index contributed by atoms with van der Waals surface area (Å²) < 4.78 is 0.931. The van der Waals surface area contributed by atoms with Crippen molar-refractivity contribution < 1.29 is 16.9 Å². The molecule has 0 unspecified atom stereocenters. The minimum absolute atomic E-state index is 0. The molecule has 0 saturated heterocycles. The molecule has 0 aliphatic carbocycles. The van der Waals surface area contributed by atoms with Gasteiger partial charge in [0.2, 0.25) is 0 Å². The standard InChI is InChI=1S/C7H14N.ClH/c1-5-6-7-8(2,3)4;/h7H2,1-4H3;1H/q+1;/p-1. The van der Waals surface area contributed by atoms with Gasteiger partial charge in [-0.1, -0.05) is 0 Å². The van der Waals surface area contributed by atoms with E-state index in [1.54, 1.807) is 0 Å². The van der Waals surface area contributed by atoms with Crippen molar-refractivity contribution in [1.82, 2.24) is 0 Å². The highest BCUT2D eigenvalue weighted by atomic mass is 35.5. The van der Waals surface area contributed by atoms with Crippen molar-refractivity contribution in [3.05, 3.63) is 0 Å². The molecule has 9 heavy (non-hydrogen) atoms. The van der Waals surface area contributed by atoms with Gasteiger partial charge in [0.15, 0.2) is 0 Å². The second-order valence-electron chi connectivity index (χ2n) is 2.88. The minimum Gasteiger partial charge on any atom is -1.00 e. The Morgan fingerprint density at radius 2 is 1.67 bits per heavy atom. The van der Waals surface area contributed by atoms with Crippen LogP contribution in [0.1, 0.15) is 6.92 Å². The molecule has 54 valence electrons. The lowest BCUT2D eigenvalue weighted by Gasteiger charge is -2.19. The van der Waals surface area contributed by atoms with E-state index in [4.69, 9.17) is 0 Å². The second kappa shape index (κ2) is 4.67. The number of halogens is 1. The van der Waals surface area contributed by atoms with Crippen molar-refractivity contribution in [2.24, 2.45) is 0 Å². The lowest BCUT2D eigenvalue weighted by atomic mass is 10.5. The maximum absolute atomic E-state index is 3.01. The molecule has 0 radical (unpaired) electrons. The molecule has 2 heteroatoms. The maximum atomic E-state index is 3.01. The zero-order valence-electron chi connectivity index (χ0n) is 6.53. The highest BCUT2D eigenvalue weighted by Gasteiger charge is 2.00. The summed E-state index contributed by atoms with van der Waals surface area (Å²) in [7, 11) is 6.39. The molecule has 0 bridgehead atoms. The van der Waals surface area contributed by atoms with Gasteiger partial charge in [0, 0.05) is 0 Å². The normalized spacial score (nSPS) is 8.89. The van der Waals surface area contributed by atoms with Gasteiger partial charge in [-0.2, -0.15) is 0 Å². The monoisotopic (exact) mass is 147 g/mol. The van der Waals surface area contributed by atoms with Crippen LogP contribution < -0.4 is 12.4 Å². The van der Waals surface area contributed by atoms with Crippen molar-refractivity contribution in [1.29, 1.82) is 0 Å². The quantitative estimate of drug-likeness (QED) is 0.290. The molecule has 0 fully saturated rings. The van der Waals surface area contributed by atoms with Crippen molar-refractivity contribution in [3.8, 4) is 11.8 Å². The lowest BCUT2D eigenvalue weighted by Crippen LogP contribution is -3.00. The fraction of sp³-hybridized carbons (Fsp3) is 0.714. The smallest absolute Gasteiger partial charge is 0.140 e. The van der Waals surface area contributed by atoms with Gasteiger partial charge in [-0.15, -0.1) is 5.92 Å². The first-order valence-corrected chi connectivity index (χ1v) is 2.76. The highest BCUT2D eigenvalue weighted by Crippen LogP contribution is 1.84. The van der Waals surface area contributed by atoms with Gasteiger partial charge in [0.1, 0.15) is 6.54 Å². The molecular formula is C7H14ClN. The van der Waals surface area contributed by atoms with Crippen molar-refractivity contribution in [2.45, 2.75) is 6.92 Å². The van der Waals surface area contributed by atoms with Gasteiger partial charge in [0.05, 0.1) is 21.1 Å². The Balaban J connectivity index is 0. The molecular weight excluding hydrogens is 134 g/mol. The van der Waals surface area contributed by atoms with Gasteiger partial charge >= 0.3 is 0 Å². The Hall–Kier alpha value is -0.190. The Kier molecular flexibility index (Phi) is 6.01. The van der Waals surface area contributed by atoms with Crippen LogP contribution in [0.5, 0.6) is 0 Å². The molecule has 0 atom stereocenters. The Bertz CT molecular complexity index is 113. The van der Waals surface area contributed by atoms with Gasteiger partial charge < -0.3 is 16.9 Å². The van der Waals surface area contributed by atoms with Crippen LogP contribution in [0.3, 0.4) is 0 Å². The summed E-state index contributed by atoms with van der Waals surface area (Å²) in [5, 5.41) is 0. The second-order valence-corrected chi connectivity index (χ2v) is 2.88. The van der Waals surface area contributed by atoms with Crippen LogP contribution in [0.25, 0.3) is 0 Å². The molecule has 0 saturated carbocycles. The van der Waals surface area contributed by atoms with Crippen LogP contribution in [-0.4, -0.2) is 32.2 Å². The van der Waals surface area contributed by atoms with Gasteiger partial charge in [-0.05, 0) is 12.8 Å². The molecule has 0 N–H and O–H groups in total. The van der Waals surface area contributed by atoms with Crippen LogP contribution >= 0.6 is 0 Å². The molecule has 0 aromatic heterocycles. The summed E-state index contributed by atoms with van der Waals surface area (Å²) in [6.45, 7) is 2.81. The van der Waals surface area contributed by atoms with Crippen LogP contribution in [0.4, 0.5) is 0 Å². The first kappa shape index (κ1) is 11.6. The zero-order chi connectivity index (χ0) is 6.62. The van der Waals surface area contributed by atoms with E-state index in [2.05, 4.69) is 33.0 Å². The van der Waals surface area contributed by atoms with E-state index < -0.39 is 0 Å². The third-order valence-electron chi connectivity index (χ3n) is 0.730. The average Bonchev–Trinajstić information content (AvgIpc) is 1.59. The highest BCUT2D eigenvalue weighted by molar-refractivity contribution is 4.94. The Labute approximate surface area is 64.1 Å². The number of rotatable bonds is 1.